The van der Waals surface area contributed by atoms with Crippen molar-refractivity contribution >= 4 is 5.91 Å². The van der Waals surface area contributed by atoms with Gasteiger partial charge in [0, 0.05) is 5.56 Å². The molecule has 3 rings (SSSR count). The van der Waals surface area contributed by atoms with Crippen LogP contribution in [-0.2, 0) is 10.8 Å². The Kier molecular flexibility index (Phi) is 3.55. The van der Waals surface area contributed by atoms with Gasteiger partial charge in [0.25, 0.3) is 5.91 Å². The average molecular weight is 308 g/mol. The highest BCUT2D eigenvalue weighted by Crippen LogP contribution is 2.46. The summed E-state index contributed by atoms with van der Waals surface area (Å²) in [6.07, 6.45) is 2.37. The van der Waals surface area contributed by atoms with Crippen molar-refractivity contribution in [2.45, 2.75) is 51.4 Å². The number of amides is 1. The monoisotopic (exact) mass is 308 g/mol. The van der Waals surface area contributed by atoms with Gasteiger partial charge in [-0.3, -0.25) is 4.79 Å². The first-order valence-corrected chi connectivity index (χ1v) is 8.13. The number of pyridine rings is 1. The van der Waals surface area contributed by atoms with Crippen molar-refractivity contribution in [1.82, 2.24) is 4.98 Å². The average Bonchev–Trinajstić information content (AvgIpc) is 2.52. The molecule has 120 valence electrons. The SMILES string of the molecule is CC1(C)CCC(C)(C)c2cc(-c3cccc(C(N)=O)n3)ccc21. The number of aromatic nitrogens is 1. The minimum atomic E-state index is -0.494. The van der Waals surface area contributed by atoms with Gasteiger partial charge in [0.1, 0.15) is 5.69 Å². The van der Waals surface area contributed by atoms with Crippen LogP contribution in [0.3, 0.4) is 0 Å². The van der Waals surface area contributed by atoms with Crippen LogP contribution in [0.5, 0.6) is 0 Å². The number of nitrogens with zero attached hydrogens (tertiary/aromatic N) is 1. The van der Waals surface area contributed by atoms with Gasteiger partial charge in [-0.05, 0) is 53.0 Å². The predicted octanol–water partition coefficient (Wildman–Crippen LogP) is 4.20. The fourth-order valence-corrected chi connectivity index (χ4v) is 3.48. The topological polar surface area (TPSA) is 56.0 Å². The Labute approximate surface area is 137 Å². The molecule has 0 spiro atoms. The number of rotatable bonds is 2. The van der Waals surface area contributed by atoms with Crippen molar-refractivity contribution in [3.8, 4) is 11.3 Å². The van der Waals surface area contributed by atoms with E-state index in [-0.39, 0.29) is 10.8 Å². The number of carbonyl (C=O) groups excluding carboxylic acids is 1. The van der Waals surface area contributed by atoms with Gasteiger partial charge in [0.05, 0.1) is 5.69 Å². The minimum absolute atomic E-state index is 0.155. The summed E-state index contributed by atoms with van der Waals surface area (Å²) in [5.74, 6) is -0.494. The van der Waals surface area contributed by atoms with Crippen LogP contribution in [0, 0.1) is 0 Å². The summed E-state index contributed by atoms with van der Waals surface area (Å²) in [4.78, 5) is 15.8. The highest BCUT2D eigenvalue weighted by molar-refractivity contribution is 5.91. The summed E-state index contributed by atoms with van der Waals surface area (Å²) < 4.78 is 0. The molecule has 1 amide bonds. The molecule has 0 unspecified atom stereocenters. The summed E-state index contributed by atoms with van der Waals surface area (Å²) in [5, 5.41) is 0. The molecular weight excluding hydrogens is 284 g/mol. The van der Waals surface area contributed by atoms with Crippen molar-refractivity contribution in [3.05, 3.63) is 53.2 Å². The van der Waals surface area contributed by atoms with Crippen molar-refractivity contribution in [2.24, 2.45) is 5.73 Å². The molecule has 1 aromatic carbocycles. The van der Waals surface area contributed by atoms with Gasteiger partial charge in [-0.25, -0.2) is 4.98 Å². The van der Waals surface area contributed by atoms with E-state index in [4.69, 9.17) is 5.73 Å². The first kappa shape index (κ1) is 15.7. The van der Waals surface area contributed by atoms with Crippen LogP contribution in [0.15, 0.2) is 36.4 Å². The zero-order valence-electron chi connectivity index (χ0n) is 14.3. The maximum atomic E-state index is 11.4. The summed E-state index contributed by atoms with van der Waals surface area (Å²) >= 11 is 0. The Morgan fingerprint density at radius 3 is 2.30 bits per heavy atom. The lowest BCUT2D eigenvalue weighted by molar-refractivity contribution is 0.0995. The Hall–Kier alpha value is -2.16. The van der Waals surface area contributed by atoms with Crippen LogP contribution in [0.4, 0.5) is 0 Å². The molecule has 1 aromatic heterocycles. The zero-order chi connectivity index (χ0) is 16.8. The van der Waals surface area contributed by atoms with Crippen LogP contribution < -0.4 is 5.73 Å². The van der Waals surface area contributed by atoms with E-state index < -0.39 is 5.91 Å². The zero-order valence-corrected chi connectivity index (χ0v) is 14.3. The number of hydrogen-bond acceptors (Lipinski definition) is 2. The van der Waals surface area contributed by atoms with Crippen LogP contribution >= 0.6 is 0 Å². The Morgan fingerprint density at radius 1 is 1.00 bits per heavy atom. The Bertz CT molecular complexity index is 775. The molecule has 0 saturated carbocycles. The number of hydrogen-bond donors (Lipinski definition) is 1. The number of benzene rings is 1. The number of carbonyl (C=O) groups is 1. The molecule has 0 atom stereocenters. The summed E-state index contributed by atoms with van der Waals surface area (Å²) in [5.41, 5.74) is 10.7. The van der Waals surface area contributed by atoms with Crippen LogP contribution in [0.1, 0.15) is 62.2 Å². The number of primary amides is 1. The van der Waals surface area contributed by atoms with Crippen LogP contribution in [0.2, 0.25) is 0 Å². The van der Waals surface area contributed by atoms with E-state index in [2.05, 4.69) is 50.9 Å². The molecule has 3 heteroatoms. The second-order valence-electron chi connectivity index (χ2n) is 7.80. The maximum absolute atomic E-state index is 11.4. The largest absolute Gasteiger partial charge is 0.364 e. The molecule has 3 nitrogen and oxygen atoms in total. The first-order valence-electron chi connectivity index (χ1n) is 8.13. The molecule has 0 bridgehead atoms. The third-order valence-corrected chi connectivity index (χ3v) is 5.15. The predicted molar refractivity (Wildman–Crippen MR) is 93.5 cm³/mol. The van der Waals surface area contributed by atoms with E-state index in [1.165, 1.54) is 24.0 Å². The van der Waals surface area contributed by atoms with E-state index >= 15 is 0 Å². The van der Waals surface area contributed by atoms with Gasteiger partial charge in [-0.2, -0.15) is 0 Å². The summed E-state index contributed by atoms with van der Waals surface area (Å²) in [7, 11) is 0. The molecule has 2 N–H and O–H groups in total. The van der Waals surface area contributed by atoms with Crippen LogP contribution in [0.25, 0.3) is 11.3 Å². The van der Waals surface area contributed by atoms with Gasteiger partial charge < -0.3 is 5.73 Å². The molecule has 1 aliphatic carbocycles. The highest BCUT2D eigenvalue weighted by atomic mass is 16.1. The van der Waals surface area contributed by atoms with Crippen LogP contribution in [-0.4, -0.2) is 10.9 Å². The van der Waals surface area contributed by atoms with E-state index in [1.54, 1.807) is 6.07 Å². The van der Waals surface area contributed by atoms with Gasteiger partial charge in [-0.1, -0.05) is 45.9 Å². The molecule has 1 heterocycles. The van der Waals surface area contributed by atoms with E-state index in [1.807, 2.05) is 12.1 Å². The maximum Gasteiger partial charge on any atom is 0.267 e. The van der Waals surface area contributed by atoms with Crippen molar-refractivity contribution in [2.75, 3.05) is 0 Å². The molecule has 1 aliphatic rings. The Balaban J connectivity index is 2.14. The lowest BCUT2D eigenvalue weighted by atomic mass is 9.63. The minimum Gasteiger partial charge on any atom is -0.364 e. The van der Waals surface area contributed by atoms with Crippen molar-refractivity contribution in [3.63, 3.8) is 0 Å². The summed E-state index contributed by atoms with van der Waals surface area (Å²) in [6, 6.07) is 12.0. The quantitative estimate of drug-likeness (QED) is 0.904. The standard InChI is InChI=1S/C20H24N2O/c1-19(2)10-11-20(3,4)15-12-13(8-9-14(15)19)16-6-5-7-17(22-16)18(21)23/h5-9,12H,10-11H2,1-4H3,(H2,21,23). The second-order valence-corrected chi connectivity index (χ2v) is 7.80. The first-order chi connectivity index (χ1) is 10.7. The third-order valence-electron chi connectivity index (χ3n) is 5.15. The number of nitrogens with two attached hydrogens (primary N) is 1. The summed E-state index contributed by atoms with van der Waals surface area (Å²) in [6.45, 7) is 9.23. The fourth-order valence-electron chi connectivity index (χ4n) is 3.48. The van der Waals surface area contributed by atoms with E-state index in [9.17, 15) is 4.79 Å². The second kappa shape index (κ2) is 5.19. The lowest BCUT2D eigenvalue weighted by Gasteiger charge is -2.42. The fraction of sp³-hybridized carbons (Fsp3) is 0.400. The molecule has 2 aromatic rings. The van der Waals surface area contributed by atoms with Crippen molar-refractivity contribution < 1.29 is 4.79 Å². The molecule has 0 radical (unpaired) electrons. The molecular formula is C20H24N2O. The molecule has 23 heavy (non-hydrogen) atoms. The molecule has 0 aliphatic heterocycles. The van der Waals surface area contributed by atoms with Crippen molar-refractivity contribution in [1.29, 1.82) is 0 Å². The third kappa shape index (κ3) is 2.76. The normalized spacial score (nSPS) is 18.3. The lowest BCUT2D eigenvalue weighted by Crippen LogP contribution is -2.33. The smallest absolute Gasteiger partial charge is 0.267 e. The molecule has 0 fully saturated rings. The highest BCUT2D eigenvalue weighted by Gasteiger charge is 2.37. The van der Waals surface area contributed by atoms with Gasteiger partial charge >= 0.3 is 0 Å². The van der Waals surface area contributed by atoms with E-state index in [0.717, 1.165) is 11.3 Å². The van der Waals surface area contributed by atoms with E-state index in [0.29, 0.717) is 5.69 Å². The molecule has 0 saturated heterocycles. The van der Waals surface area contributed by atoms with Gasteiger partial charge in [0.15, 0.2) is 0 Å². The van der Waals surface area contributed by atoms with Gasteiger partial charge in [0.2, 0.25) is 0 Å². The number of fused-ring (bicyclic) bond motifs is 1. The van der Waals surface area contributed by atoms with Gasteiger partial charge in [-0.15, -0.1) is 0 Å². The Morgan fingerprint density at radius 2 is 1.65 bits per heavy atom.